The third-order valence-electron chi connectivity index (χ3n) is 2.65. The van der Waals surface area contributed by atoms with Crippen molar-refractivity contribution in [2.75, 3.05) is 33.9 Å². The van der Waals surface area contributed by atoms with E-state index in [4.69, 9.17) is 9.47 Å². The normalized spacial score (nSPS) is 13.5. The predicted octanol–water partition coefficient (Wildman–Crippen LogP) is 1.67. The Labute approximate surface area is 88.2 Å². The molecule has 1 atom stereocenters. The van der Waals surface area contributed by atoms with Gasteiger partial charge in [0, 0.05) is 20.8 Å². The van der Waals surface area contributed by atoms with E-state index in [1.165, 1.54) is 12.8 Å². The number of nitrogens with one attached hydrogen (secondary N) is 1. The lowest BCUT2D eigenvalue weighted by molar-refractivity contribution is 0.0284. The van der Waals surface area contributed by atoms with Crippen molar-refractivity contribution in [1.29, 1.82) is 0 Å². The average Bonchev–Trinajstić information content (AvgIpc) is 2.23. The lowest BCUT2D eigenvalue weighted by atomic mass is 10.0. The van der Waals surface area contributed by atoms with E-state index in [0.29, 0.717) is 6.61 Å². The maximum Gasteiger partial charge on any atom is 0.0928 e. The lowest BCUT2D eigenvalue weighted by Gasteiger charge is -2.18. The molecule has 1 N–H and O–H groups in total. The smallest absolute Gasteiger partial charge is 0.0928 e. The Morgan fingerprint density at radius 1 is 1.07 bits per heavy atom. The molecule has 0 aliphatic carbocycles. The standard InChI is InChI=1S/C11H25NO2/c1-5-10(6-2)7-12-8-11(14-4)9-13-3/h10-12H,5-9H2,1-4H3. The van der Waals surface area contributed by atoms with Gasteiger partial charge in [-0.1, -0.05) is 26.7 Å². The monoisotopic (exact) mass is 203 g/mol. The molecule has 0 aromatic carbocycles. The Bertz CT molecular complexity index is 116. The van der Waals surface area contributed by atoms with Gasteiger partial charge in [0.25, 0.3) is 0 Å². The Morgan fingerprint density at radius 2 is 1.71 bits per heavy atom. The van der Waals surface area contributed by atoms with Crippen molar-refractivity contribution in [3.8, 4) is 0 Å². The number of rotatable bonds is 9. The van der Waals surface area contributed by atoms with E-state index in [1.54, 1.807) is 14.2 Å². The third-order valence-corrected chi connectivity index (χ3v) is 2.65. The summed E-state index contributed by atoms with van der Waals surface area (Å²) in [4.78, 5) is 0. The molecule has 0 fully saturated rings. The summed E-state index contributed by atoms with van der Waals surface area (Å²) in [6, 6.07) is 0. The van der Waals surface area contributed by atoms with E-state index >= 15 is 0 Å². The van der Waals surface area contributed by atoms with E-state index in [0.717, 1.165) is 19.0 Å². The molecule has 0 rings (SSSR count). The molecule has 0 aliphatic rings. The van der Waals surface area contributed by atoms with Crippen LogP contribution in [0.25, 0.3) is 0 Å². The number of hydrogen-bond acceptors (Lipinski definition) is 3. The van der Waals surface area contributed by atoms with E-state index < -0.39 is 0 Å². The highest BCUT2D eigenvalue weighted by Crippen LogP contribution is 2.04. The van der Waals surface area contributed by atoms with Crippen LogP contribution in [-0.2, 0) is 9.47 Å². The van der Waals surface area contributed by atoms with Crippen molar-refractivity contribution in [3.05, 3.63) is 0 Å². The summed E-state index contributed by atoms with van der Waals surface area (Å²) in [5.74, 6) is 0.787. The second kappa shape index (κ2) is 9.44. The molecule has 1 unspecified atom stereocenters. The molecule has 0 radical (unpaired) electrons. The van der Waals surface area contributed by atoms with Crippen LogP contribution in [0.3, 0.4) is 0 Å². The van der Waals surface area contributed by atoms with Crippen molar-refractivity contribution < 1.29 is 9.47 Å². The topological polar surface area (TPSA) is 30.5 Å². The first-order chi connectivity index (χ1) is 6.78. The summed E-state index contributed by atoms with van der Waals surface area (Å²) in [5, 5.41) is 3.42. The van der Waals surface area contributed by atoms with Gasteiger partial charge >= 0.3 is 0 Å². The molecule has 86 valence electrons. The molecule has 0 spiro atoms. The summed E-state index contributed by atoms with van der Waals surface area (Å²) in [5.41, 5.74) is 0. The summed E-state index contributed by atoms with van der Waals surface area (Å²) >= 11 is 0. The van der Waals surface area contributed by atoms with Crippen LogP contribution in [0.1, 0.15) is 26.7 Å². The van der Waals surface area contributed by atoms with E-state index in [-0.39, 0.29) is 6.10 Å². The number of methoxy groups -OCH3 is 2. The van der Waals surface area contributed by atoms with Crippen LogP contribution >= 0.6 is 0 Å². The highest BCUT2D eigenvalue weighted by molar-refractivity contribution is 4.63. The Hall–Kier alpha value is -0.120. The summed E-state index contributed by atoms with van der Waals surface area (Å²) in [7, 11) is 3.43. The van der Waals surface area contributed by atoms with Gasteiger partial charge in [-0.05, 0) is 12.5 Å². The van der Waals surface area contributed by atoms with Crippen LogP contribution in [0.15, 0.2) is 0 Å². The summed E-state index contributed by atoms with van der Waals surface area (Å²) in [6.07, 6.45) is 2.66. The van der Waals surface area contributed by atoms with Crippen molar-refractivity contribution in [1.82, 2.24) is 5.32 Å². The molecule has 0 aromatic rings. The van der Waals surface area contributed by atoms with E-state index in [2.05, 4.69) is 19.2 Å². The zero-order valence-electron chi connectivity index (χ0n) is 10.0. The lowest BCUT2D eigenvalue weighted by Crippen LogP contribution is -2.34. The quantitative estimate of drug-likeness (QED) is 0.618. The molecule has 0 amide bonds. The van der Waals surface area contributed by atoms with Crippen molar-refractivity contribution in [3.63, 3.8) is 0 Å². The van der Waals surface area contributed by atoms with Gasteiger partial charge in [0.1, 0.15) is 0 Å². The highest BCUT2D eigenvalue weighted by Gasteiger charge is 2.07. The van der Waals surface area contributed by atoms with Crippen LogP contribution in [0.4, 0.5) is 0 Å². The first kappa shape index (κ1) is 13.9. The Balaban J connectivity index is 3.48. The Kier molecular flexibility index (Phi) is 9.35. The zero-order chi connectivity index (χ0) is 10.8. The van der Waals surface area contributed by atoms with Crippen molar-refractivity contribution in [2.24, 2.45) is 5.92 Å². The SMILES string of the molecule is CCC(CC)CNCC(COC)OC. The van der Waals surface area contributed by atoms with Crippen LogP contribution in [-0.4, -0.2) is 40.0 Å². The number of hydrogen-bond donors (Lipinski definition) is 1. The van der Waals surface area contributed by atoms with Gasteiger partial charge in [-0.3, -0.25) is 0 Å². The molecule has 3 nitrogen and oxygen atoms in total. The van der Waals surface area contributed by atoms with Gasteiger partial charge in [0.05, 0.1) is 12.7 Å². The van der Waals surface area contributed by atoms with Crippen LogP contribution in [0.2, 0.25) is 0 Å². The second-order valence-electron chi connectivity index (χ2n) is 3.65. The molecule has 14 heavy (non-hydrogen) atoms. The largest absolute Gasteiger partial charge is 0.382 e. The molecular formula is C11H25NO2. The van der Waals surface area contributed by atoms with Gasteiger partial charge in [0.15, 0.2) is 0 Å². The minimum absolute atomic E-state index is 0.175. The predicted molar refractivity (Wildman–Crippen MR) is 59.6 cm³/mol. The fourth-order valence-electron chi connectivity index (χ4n) is 1.42. The highest BCUT2D eigenvalue weighted by atomic mass is 16.5. The third kappa shape index (κ3) is 6.35. The van der Waals surface area contributed by atoms with Gasteiger partial charge < -0.3 is 14.8 Å². The van der Waals surface area contributed by atoms with Gasteiger partial charge in [-0.15, -0.1) is 0 Å². The molecule has 3 heteroatoms. The fraction of sp³-hybridized carbons (Fsp3) is 1.00. The molecular weight excluding hydrogens is 178 g/mol. The maximum absolute atomic E-state index is 5.25. The van der Waals surface area contributed by atoms with Gasteiger partial charge in [-0.2, -0.15) is 0 Å². The molecule has 0 aromatic heterocycles. The number of ether oxygens (including phenoxy) is 2. The maximum atomic E-state index is 5.25. The molecule has 0 saturated carbocycles. The van der Waals surface area contributed by atoms with Crippen molar-refractivity contribution in [2.45, 2.75) is 32.8 Å². The molecule has 0 heterocycles. The van der Waals surface area contributed by atoms with Crippen LogP contribution < -0.4 is 5.32 Å². The first-order valence-corrected chi connectivity index (χ1v) is 5.50. The summed E-state index contributed by atoms with van der Waals surface area (Å²) in [6.45, 7) is 7.08. The molecule has 0 saturated heterocycles. The van der Waals surface area contributed by atoms with E-state index in [1.807, 2.05) is 0 Å². The van der Waals surface area contributed by atoms with Gasteiger partial charge in [0.2, 0.25) is 0 Å². The van der Waals surface area contributed by atoms with Crippen molar-refractivity contribution >= 4 is 0 Å². The molecule has 0 bridgehead atoms. The first-order valence-electron chi connectivity index (χ1n) is 5.50. The average molecular weight is 203 g/mol. The van der Waals surface area contributed by atoms with E-state index in [9.17, 15) is 0 Å². The van der Waals surface area contributed by atoms with Crippen LogP contribution in [0.5, 0.6) is 0 Å². The van der Waals surface area contributed by atoms with Gasteiger partial charge in [-0.25, -0.2) is 0 Å². The minimum atomic E-state index is 0.175. The minimum Gasteiger partial charge on any atom is -0.382 e. The fourth-order valence-corrected chi connectivity index (χ4v) is 1.42. The zero-order valence-corrected chi connectivity index (χ0v) is 10.0. The Morgan fingerprint density at radius 3 is 2.14 bits per heavy atom. The molecule has 0 aliphatic heterocycles. The second-order valence-corrected chi connectivity index (χ2v) is 3.65. The van der Waals surface area contributed by atoms with Crippen LogP contribution in [0, 0.1) is 5.92 Å². The summed E-state index contributed by atoms with van der Waals surface area (Å²) < 4.78 is 10.3.